The first kappa shape index (κ1) is 27.7. The summed E-state index contributed by atoms with van der Waals surface area (Å²) in [6.45, 7) is 13.3. The smallest absolute Gasteiger partial charge is 0.239 e. The predicted octanol–water partition coefficient (Wildman–Crippen LogP) is 7.11. The third-order valence-corrected chi connectivity index (χ3v) is 10.2. The molecule has 0 amide bonds. The Morgan fingerprint density at radius 3 is 2.29 bits per heavy atom. The highest BCUT2D eigenvalue weighted by atomic mass is 32.1. The minimum atomic E-state index is -2.23. The number of hydrogen-bond donors (Lipinski definition) is 1. The molecule has 34 heavy (non-hydrogen) atoms. The van der Waals surface area contributed by atoms with Crippen LogP contribution in [-0.2, 0) is 5.41 Å². The Hall–Kier alpha value is -0.910. The number of halogens is 2. The van der Waals surface area contributed by atoms with Gasteiger partial charge in [0.2, 0.25) is 6.43 Å². The van der Waals surface area contributed by atoms with Gasteiger partial charge in [-0.15, -0.1) is 0 Å². The molecular weight excluding hydrogens is 446 g/mol. The van der Waals surface area contributed by atoms with E-state index < -0.39 is 6.43 Å². The molecule has 2 bridgehead atoms. The van der Waals surface area contributed by atoms with Crippen molar-refractivity contribution in [3.63, 3.8) is 0 Å². The SMILES string of the molecule is CC1CC2(c3ccccc3)CC(CC(C)(C=S)C2)C1(C)CC(F)F.CN1CCC(N)C(C)(C)C1. The van der Waals surface area contributed by atoms with Crippen molar-refractivity contribution in [2.24, 2.45) is 33.8 Å². The summed E-state index contributed by atoms with van der Waals surface area (Å²) in [5, 5.41) is 1.91. The summed E-state index contributed by atoms with van der Waals surface area (Å²) in [7, 11) is 2.16. The summed E-state index contributed by atoms with van der Waals surface area (Å²) in [5.41, 5.74) is 7.36. The maximum Gasteiger partial charge on any atom is 0.239 e. The van der Waals surface area contributed by atoms with Crippen LogP contribution in [0.25, 0.3) is 0 Å². The van der Waals surface area contributed by atoms with E-state index in [-0.39, 0.29) is 22.7 Å². The molecule has 6 unspecified atom stereocenters. The second kappa shape index (κ2) is 10.2. The number of thiocarbonyl (C=S) groups is 1. The molecular formula is C29H46F2N2S. The maximum absolute atomic E-state index is 13.3. The van der Waals surface area contributed by atoms with Gasteiger partial charge in [-0.25, -0.2) is 8.78 Å². The molecule has 0 spiro atoms. The monoisotopic (exact) mass is 492 g/mol. The maximum atomic E-state index is 13.3. The van der Waals surface area contributed by atoms with Gasteiger partial charge < -0.3 is 10.6 Å². The molecule has 0 radical (unpaired) electrons. The topological polar surface area (TPSA) is 29.3 Å². The van der Waals surface area contributed by atoms with Gasteiger partial charge in [0.15, 0.2) is 0 Å². The Morgan fingerprint density at radius 2 is 1.76 bits per heavy atom. The molecule has 2 saturated carbocycles. The Kier molecular flexibility index (Phi) is 8.32. The first-order chi connectivity index (χ1) is 15.8. The lowest BCUT2D eigenvalue weighted by atomic mass is 9.43. The van der Waals surface area contributed by atoms with Crippen molar-refractivity contribution in [1.29, 1.82) is 0 Å². The molecule has 2 aliphatic carbocycles. The quantitative estimate of drug-likeness (QED) is 0.454. The van der Waals surface area contributed by atoms with Crippen LogP contribution in [0.3, 0.4) is 0 Å². The van der Waals surface area contributed by atoms with Crippen LogP contribution >= 0.6 is 12.2 Å². The van der Waals surface area contributed by atoms with Crippen molar-refractivity contribution in [3.05, 3.63) is 35.9 Å². The van der Waals surface area contributed by atoms with Crippen molar-refractivity contribution in [1.82, 2.24) is 4.90 Å². The minimum Gasteiger partial charge on any atom is -0.327 e. The number of rotatable bonds is 4. The molecule has 3 aliphatic rings. The van der Waals surface area contributed by atoms with Gasteiger partial charge in [-0.2, -0.15) is 0 Å². The fraction of sp³-hybridized carbons (Fsp3) is 0.759. The van der Waals surface area contributed by atoms with Crippen LogP contribution < -0.4 is 5.73 Å². The molecule has 1 saturated heterocycles. The van der Waals surface area contributed by atoms with Crippen molar-refractivity contribution in [2.75, 3.05) is 20.1 Å². The molecule has 6 atom stereocenters. The van der Waals surface area contributed by atoms with Crippen molar-refractivity contribution < 1.29 is 8.78 Å². The zero-order chi connectivity index (χ0) is 25.4. The molecule has 1 aliphatic heterocycles. The van der Waals surface area contributed by atoms with Crippen molar-refractivity contribution in [3.8, 4) is 0 Å². The number of benzene rings is 1. The number of nitrogens with zero attached hydrogens (tertiary/aromatic N) is 1. The van der Waals surface area contributed by atoms with Crippen LogP contribution in [0.5, 0.6) is 0 Å². The molecule has 192 valence electrons. The van der Waals surface area contributed by atoms with Gasteiger partial charge in [-0.1, -0.05) is 77.2 Å². The largest absolute Gasteiger partial charge is 0.327 e. The Balaban J connectivity index is 0.000000271. The highest BCUT2D eigenvalue weighted by Gasteiger charge is 2.57. The van der Waals surface area contributed by atoms with E-state index in [1.165, 1.54) is 5.56 Å². The predicted molar refractivity (Wildman–Crippen MR) is 144 cm³/mol. The second-order valence-corrected chi connectivity index (χ2v) is 13.3. The van der Waals surface area contributed by atoms with Crippen LogP contribution in [0.4, 0.5) is 8.78 Å². The molecule has 3 fully saturated rings. The van der Waals surface area contributed by atoms with E-state index in [1.807, 2.05) is 11.4 Å². The molecule has 0 aromatic heterocycles. The van der Waals surface area contributed by atoms with Gasteiger partial charge in [0.05, 0.1) is 0 Å². The lowest BCUT2D eigenvalue weighted by Gasteiger charge is -2.61. The molecule has 5 heteroatoms. The first-order valence-corrected chi connectivity index (χ1v) is 13.5. The third kappa shape index (κ3) is 5.73. The van der Waals surface area contributed by atoms with Crippen LogP contribution in [-0.4, -0.2) is 42.9 Å². The highest BCUT2D eigenvalue weighted by molar-refractivity contribution is 7.79. The molecule has 2 nitrogen and oxygen atoms in total. The zero-order valence-electron chi connectivity index (χ0n) is 22.1. The fourth-order valence-corrected chi connectivity index (χ4v) is 7.61. The Labute approximate surface area is 212 Å². The molecule has 1 aromatic rings. The first-order valence-electron chi connectivity index (χ1n) is 13.0. The Bertz CT molecular complexity index is 827. The zero-order valence-corrected chi connectivity index (χ0v) is 22.9. The average Bonchev–Trinajstić information content (AvgIpc) is 2.75. The van der Waals surface area contributed by atoms with Crippen LogP contribution in [0, 0.1) is 28.1 Å². The molecule has 4 rings (SSSR count). The van der Waals surface area contributed by atoms with E-state index in [0.717, 1.165) is 45.2 Å². The number of nitrogens with two attached hydrogens (primary N) is 1. The summed E-state index contributed by atoms with van der Waals surface area (Å²) in [4.78, 5) is 2.35. The molecule has 1 heterocycles. The van der Waals surface area contributed by atoms with E-state index in [9.17, 15) is 8.78 Å². The van der Waals surface area contributed by atoms with Gasteiger partial charge in [0.25, 0.3) is 0 Å². The van der Waals surface area contributed by atoms with E-state index >= 15 is 0 Å². The second-order valence-electron chi connectivity index (χ2n) is 13.0. The lowest BCUT2D eigenvalue weighted by molar-refractivity contribution is -0.0845. The number of piperidine rings is 1. The summed E-state index contributed by atoms with van der Waals surface area (Å²) in [6, 6.07) is 11.1. The van der Waals surface area contributed by atoms with E-state index in [2.05, 4.69) is 70.8 Å². The van der Waals surface area contributed by atoms with Crippen LogP contribution in [0.15, 0.2) is 30.3 Å². The van der Waals surface area contributed by atoms with Gasteiger partial charge in [-0.05, 0) is 90.1 Å². The highest BCUT2D eigenvalue weighted by Crippen LogP contribution is 2.64. The molecule has 1 aromatic carbocycles. The summed E-state index contributed by atoms with van der Waals surface area (Å²) >= 11 is 5.38. The summed E-state index contributed by atoms with van der Waals surface area (Å²) in [6.07, 6.45) is 2.90. The van der Waals surface area contributed by atoms with Gasteiger partial charge >= 0.3 is 0 Å². The number of fused-ring (bicyclic) bond motifs is 2. The minimum absolute atomic E-state index is 0.0111. The standard InChI is InChI=1S/C21H28F2S.C8H18N2/c1-15-9-21(16-7-5-4-6-8-16)11-17(10-19(2,13-21)14-24)20(15,3)12-18(22)23;1-8(2)6-10(3)5-4-7(8)9/h4-8,14-15,17-18H,9-13H2,1-3H3;7H,4-6,9H2,1-3H3. The fourth-order valence-electron chi connectivity index (χ4n) is 7.43. The third-order valence-electron chi connectivity index (χ3n) is 9.62. The Morgan fingerprint density at radius 1 is 1.12 bits per heavy atom. The average molecular weight is 493 g/mol. The normalized spacial score (nSPS) is 39.8. The van der Waals surface area contributed by atoms with Crippen LogP contribution in [0.2, 0.25) is 0 Å². The summed E-state index contributed by atoms with van der Waals surface area (Å²) in [5.74, 6) is 0.591. The van der Waals surface area contributed by atoms with Crippen LogP contribution in [0.1, 0.15) is 78.7 Å². The molecule has 2 N–H and O–H groups in total. The van der Waals surface area contributed by atoms with Crippen molar-refractivity contribution in [2.45, 2.75) is 91.0 Å². The van der Waals surface area contributed by atoms with Gasteiger partial charge in [-0.3, -0.25) is 0 Å². The number of hydrogen-bond acceptors (Lipinski definition) is 3. The van der Waals surface area contributed by atoms with E-state index in [0.29, 0.717) is 23.3 Å². The number of alkyl halides is 2. The van der Waals surface area contributed by atoms with Gasteiger partial charge in [0.1, 0.15) is 0 Å². The van der Waals surface area contributed by atoms with E-state index in [4.69, 9.17) is 18.0 Å². The lowest BCUT2D eigenvalue weighted by Crippen LogP contribution is -2.55. The number of likely N-dealkylation sites (tertiary alicyclic amines) is 1. The van der Waals surface area contributed by atoms with Gasteiger partial charge in [0, 0.05) is 19.0 Å². The van der Waals surface area contributed by atoms with E-state index in [1.54, 1.807) is 0 Å². The van der Waals surface area contributed by atoms with Crippen molar-refractivity contribution >= 4 is 17.6 Å². The summed E-state index contributed by atoms with van der Waals surface area (Å²) < 4.78 is 26.7.